The molecule has 1 saturated carbocycles. The summed E-state index contributed by atoms with van der Waals surface area (Å²) >= 11 is 0. The van der Waals surface area contributed by atoms with Gasteiger partial charge in [-0.3, -0.25) is 4.79 Å². The van der Waals surface area contributed by atoms with Crippen LogP contribution in [0, 0.1) is 0 Å². The first-order valence-corrected chi connectivity index (χ1v) is 10.0. The Bertz CT molecular complexity index is 808. The summed E-state index contributed by atoms with van der Waals surface area (Å²) in [7, 11) is 0. The molecule has 1 aliphatic heterocycles. The fourth-order valence-corrected chi connectivity index (χ4v) is 4.68. The third-order valence-corrected chi connectivity index (χ3v) is 6.07. The van der Waals surface area contributed by atoms with Crippen molar-refractivity contribution >= 4 is 16.5 Å². The lowest BCUT2D eigenvalue weighted by Crippen LogP contribution is -2.44. The second kappa shape index (κ2) is 7.80. The number of nitrogens with one attached hydrogen (secondary N) is 2. The fraction of sp³-hybridized carbons (Fsp3) is 0.571. The van der Waals surface area contributed by atoms with Crippen LogP contribution in [0.15, 0.2) is 29.2 Å². The highest BCUT2D eigenvalue weighted by atomic mass is 16.2. The molecule has 26 heavy (non-hydrogen) atoms. The minimum absolute atomic E-state index is 0.0169. The predicted octanol–water partition coefficient (Wildman–Crippen LogP) is 2.56. The molecular formula is C21H29N3O2. The molecule has 5 heteroatoms. The summed E-state index contributed by atoms with van der Waals surface area (Å²) in [6.07, 6.45) is 9.66. The van der Waals surface area contributed by atoms with E-state index in [9.17, 15) is 4.79 Å². The van der Waals surface area contributed by atoms with Crippen molar-refractivity contribution in [1.29, 1.82) is 0 Å². The van der Waals surface area contributed by atoms with Gasteiger partial charge in [0.15, 0.2) is 0 Å². The van der Waals surface area contributed by atoms with Crippen LogP contribution in [0.5, 0.6) is 0 Å². The lowest BCUT2D eigenvalue weighted by atomic mass is 9.88. The summed E-state index contributed by atoms with van der Waals surface area (Å²) in [5.74, 6) is 0. The Morgan fingerprint density at radius 3 is 2.85 bits per heavy atom. The first kappa shape index (κ1) is 17.6. The number of aromatic nitrogens is 1. The first-order valence-electron chi connectivity index (χ1n) is 10.0. The topological polar surface area (TPSA) is 68.4 Å². The number of nitrogens with zero attached hydrogens (tertiary/aromatic N) is 1. The zero-order valence-electron chi connectivity index (χ0n) is 15.3. The van der Waals surface area contributed by atoms with E-state index in [4.69, 9.17) is 5.11 Å². The van der Waals surface area contributed by atoms with Crippen molar-refractivity contribution in [3.63, 3.8) is 0 Å². The van der Waals surface area contributed by atoms with Gasteiger partial charge in [-0.15, -0.1) is 0 Å². The number of anilines is 1. The molecule has 5 nitrogen and oxygen atoms in total. The highest BCUT2D eigenvalue weighted by Crippen LogP contribution is 2.36. The van der Waals surface area contributed by atoms with Gasteiger partial charge in [-0.05, 0) is 69.2 Å². The Morgan fingerprint density at radius 1 is 1.19 bits per heavy atom. The zero-order chi connectivity index (χ0) is 17.9. The maximum Gasteiger partial charge on any atom is 0.255 e. The molecule has 0 radical (unpaired) electrons. The number of hydrogen-bond donors (Lipinski definition) is 3. The molecule has 2 aromatic rings. The highest BCUT2D eigenvalue weighted by Gasteiger charge is 2.29. The van der Waals surface area contributed by atoms with E-state index >= 15 is 0 Å². The number of benzene rings is 1. The smallest absolute Gasteiger partial charge is 0.255 e. The molecule has 2 aliphatic rings. The molecule has 0 saturated heterocycles. The second-order valence-corrected chi connectivity index (χ2v) is 7.68. The lowest BCUT2D eigenvalue weighted by molar-refractivity contribution is 0.278. The predicted molar refractivity (Wildman–Crippen MR) is 106 cm³/mol. The van der Waals surface area contributed by atoms with Crippen LogP contribution in [-0.4, -0.2) is 41.9 Å². The molecule has 0 unspecified atom stereocenters. The van der Waals surface area contributed by atoms with E-state index in [-0.39, 0.29) is 5.56 Å². The SMILES string of the molecule is O=c1[nH]cc2c3c(cccc13)N(C1CCC(NCCCCO)CC1)CC2. The van der Waals surface area contributed by atoms with Gasteiger partial charge in [0.05, 0.1) is 0 Å². The van der Waals surface area contributed by atoms with Crippen molar-refractivity contribution in [3.05, 3.63) is 40.3 Å². The van der Waals surface area contributed by atoms with Crippen molar-refractivity contribution in [3.8, 4) is 0 Å². The summed E-state index contributed by atoms with van der Waals surface area (Å²) in [5, 5.41) is 14.5. The Hall–Kier alpha value is -1.85. The van der Waals surface area contributed by atoms with Gasteiger partial charge in [0, 0.05) is 47.9 Å². The molecule has 0 bridgehead atoms. The largest absolute Gasteiger partial charge is 0.396 e. The van der Waals surface area contributed by atoms with Crippen molar-refractivity contribution in [2.45, 2.75) is 57.0 Å². The molecule has 140 valence electrons. The first-order chi connectivity index (χ1) is 12.8. The summed E-state index contributed by atoms with van der Waals surface area (Å²) in [6, 6.07) is 7.33. The van der Waals surface area contributed by atoms with Gasteiger partial charge in [-0.25, -0.2) is 0 Å². The van der Waals surface area contributed by atoms with Gasteiger partial charge >= 0.3 is 0 Å². The van der Waals surface area contributed by atoms with Crippen LogP contribution in [0.25, 0.3) is 10.8 Å². The van der Waals surface area contributed by atoms with Crippen LogP contribution in [0.1, 0.15) is 44.1 Å². The average molecular weight is 355 g/mol. The number of aromatic amines is 1. The van der Waals surface area contributed by atoms with Gasteiger partial charge < -0.3 is 20.3 Å². The average Bonchev–Trinajstić information content (AvgIpc) is 2.69. The molecule has 1 aromatic heterocycles. The normalized spacial score (nSPS) is 22.7. The van der Waals surface area contributed by atoms with E-state index in [1.54, 1.807) is 0 Å². The van der Waals surface area contributed by atoms with Crippen LogP contribution < -0.4 is 15.8 Å². The molecule has 0 atom stereocenters. The van der Waals surface area contributed by atoms with E-state index in [1.165, 1.54) is 36.9 Å². The molecule has 3 N–H and O–H groups in total. The fourth-order valence-electron chi connectivity index (χ4n) is 4.68. The Balaban J connectivity index is 1.46. The number of aliphatic hydroxyl groups is 1. The Labute approximate surface area is 154 Å². The highest BCUT2D eigenvalue weighted by molar-refractivity contribution is 5.97. The molecule has 1 aliphatic carbocycles. The van der Waals surface area contributed by atoms with Crippen molar-refractivity contribution in [2.75, 3.05) is 24.6 Å². The maximum atomic E-state index is 12.2. The third kappa shape index (κ3) is 3.38. The van der Waals surface area contributed by atoms with Gasteiger partial charge in [0.2, 0.25) is 0 Å². The minimum Gasteiger partial charge on any atom is -0.396 e. The van der Waals surface area contributed by atoms with Gasteiger partial charge in [0.25, 0.3) is 5.56 Å². The Morgan fingerprint density at radius 2 is 2.04 bits per heavy atom. The number of unbranched alkanes of at least 4 members (excludes halogenated alkanes) is 1. The Kier molecular flexibility index (Phi) is 5.27. The van der Waals surface area contributed by atoms with E-state index < -0.39 is 0 Å². The lowest BCUT2D eigenvalue weighted by Gasteiger charge is -2.41. The van der Waals surface area contributed by atoms with E-state index in [0.29, 0.717) is 18.7 Å². The molecule has 2 heterocycles. The van der Waals surface area contributed by atoms with Gasteiger partial charge in [0.1, 0.15) is 0 Å². The van der Waals surface area contributed by atoms with E-state index in [1.807, 2.05) is 18.3 Å². The van der Waals surface area contributed by atoms with E-state index in [0.717, 1.165) is 43.1 Å². The van der Waals surface area contributed by atoms with Crippen LogP contribution in [0.3, 0.4) is 0 Å². The van der Waals surface area contributed by atoms with E-state index in [2.05, 4.69) is 21.3 Å². The number of pyridine rings is 1. The standard InChI is InChI=1S/C21H29N3O2/c25-13-2-1-11-22-16-6-8-17(9-7-16)24-12-10-15-14-23-21(26)18-4-3-5-19(24)20(15)18/h3-5,14,16-17,22,25H,1-2,6-13H2,(H,23,26). The van der Waals surface area contributed by atoms with Crippen LogP contribution in [-0.2, 0) is 6.42 Å². The molecule has 1 aromatic carbocycles. The maximum absolute atomic E-state index is 12.2. The number of hydrogen-bond acceptors (Lipinski definition) is 4. The van der Waals surface area contributed by atoms with Gasteiger partial charge in [-0.2, -0.15) is 0 Å². The number of H-pyrrole nitrogens is 1. The molecule has 1 fully saturated rings. The molecule has 0 spiro atoms. The number of aliphatic hydroxyl groups excluding tert-OH is 1. The quantitative estimate of drug-likeness (QED) is 0.697. The second-order valence-electron chi connectivity index (χ2n) is 7.68. The monoisotopic (exact) mass is 355 g/mol. The van der Waals surface area contributed by atoms with Crippen LogP contribution >= 0.6 is 0 Å². The molecule has 0 amide bonds. The number of rotatable bonds is 6. The van der Waals surface area contributed by atoms with Crippen LogP contribution in [0.4, 0.5) is 5.69 Å². The summed E-state index contributed by atoms with van der Waals surface area (Å²) in [4.78, 5) is 17.6. The zero-order valence-corrected chi connectivity index (χ0v) is 15.3. The van der Waals surface area contributed by atoms with Gasteiger partial charge in [-0.1, -0.05) is 6.07 Å². The minimum atomic E-state index is 0.0169. The molecule has 4 rings (SSSR count). The van der Waals surface area contributed by atoms with Crippen LogP contribution in [0.2, 0.25) is 0 Å². The van der Waals surface area contributed by atoms with Crippen molar-refractivity contribution < 1.29 is 5.11 Å². The molecular weight excluding hydrogens is 326 g/mol. The third-order valence-electron chi connectivity index (χ3n) is 6.07. The van der Waals surface area contributed by atoms with Crippen molar-refractivity contribution in [2.24, 2.45) is 0 Å². The van der Waals surface area contributed by atoms with Crippen molar-refractivity contribution in [1.82, 2.24) is 10.3 Å². The summed E-state index contributed by atoms with van der Waals surface area (Å²) in [6.45, 7) is 2.34. The summed E-state index contributed by atoms with van der Waals surface area (Å²) in [5.41, 5.74) is 2.53. The summed E-state index contributed by atoms with van der Waals surface area (Å²) < 4.78 is 0.